The first-order valence-electron chi connectivity index (χ1n) is 6.58. The van der Waals surface area contributed by atoms with Gasteiger partial charge in [0, 0.05) is 4.92 Å². The van der Waals surface area contributed by atoms with Gasteiger partial charge in [-0.15, -0.1) is 6.58 Å². The molecule has 2 unspecified atom stereocenters. The van der Waals surface area contributed by atoms with Crippen molar-refractivity contribution in [3.05, 3.63) is 89.0 Å². The Kier molecular flexibility index (Phi) is 4.72. The SMILES string of the molecule is C=CC(c1ccccc1)C([N+](=O)[O-])S(=O)(=O)c1ccccc1. The average molecular weight is 317 g/mol. The Morgan fingerprint density at radius 1 is 1.00 bits per heavy atom. The molecule has 6 heteroatoms. The van der Waals surface area contributed by atoms with E-state index in [0.29, 0.717) is 5.56 Å². The highest BCUT2D eigenvalue weighted by atomic mass is 32.2. The summed E-state index contributed by atoms with van der Waals surface area (Å²) in [7, 11) is -4.13. The minimum atomic E-state index is -4.13. The Labute approximate surface area is 129 Å². The molecule has 0 saturated carbocycles. The summed E-state index contributed by atoms with van der Waals surface area (Å²) in [5, 5.41) is 9.66. The number of hydrogen-bond donors (Lipinski definition) is 0. The summed E-state index contributed by atoms with van der Waals surface area (Å²) in [6.45, 7) is 3.58. The van der Waals surface area contributed by atoms with Crippen LogP contribution in [0.4, 0.5) is 0 Å². The maximum Gasteiger partial charge on any atom is 0.324 e. The van der Waals surface area contributed by atoms with Crippen molar-refractivity contribution in [1.29, 1.82) is 0 Å². The van der Waals surface area contributed by atoms with Crippen LogP contribution in [-0.2, 0) is 9.84 Å². The molecule has 0 saturated heterocycles. The van der Waals surface area contributed by atoms with Gasteiger partial charge in [-0.25, -0.2) is 8.42 Å². The number of sulfone groups is 1. The molecule has 2 rings (SSSR count). The second-order valence-electron chi connectivity index (χ2n) is 4.71. The second-order valence-corrected chi connectivity index (χ2v) is 6.75. The zero-order chi connectivity index (χ0) is 16.2. The lowest BCUT2D eigenvalue weighted by molar-refractivity contribution is -0.499. The molecule has 0 spiro atoms. The van der Waals surface area contributed by atoms with E-state index in [4.69, 9.17) is 0 Å². The van der Waals surface area contributed by atoms with Crippen molar-refractivity contribution >= 4 is 9.84 Å². The van der Waals surface area contributed by atoms with Crippen molar-refractivity contribution < 1.29 is 13.3 Å². The van der Waals surface area contributed by atoms with Gasteiger partial charge in [0.25, 0.3) is 0 Å². The molecule has 0 N–H and O–H groups in total. The average Bonchev–Trinajstić information content (AvgIpc) is 2.53. The molecule has 114 valence electrons. The van der Waals surface area contributed by atoms with Gasteiger partial charge in [-0.1, -0.05) is 54.6 Å². The standard InChI is InChI=1S/C16H15NO4S/c1-2-15(13-9-5-3-6-10-13)16(17(18)19)22(20,21)14-11-7-4-8-12-14/h2-12,15-16H,1H2. The topological polar surface area (TPSA) is 77.3 Å². The maximum atomic E-state index is 12.7. The summed E-state index contributed by atoms with van der Waals surface area (Å²) >= 11 is 0. The van der Waals surface area contributed by atoms with Crippen LogP contribution >= 0.6 is 0 Å². The van der Waals surface area contributed by atoms with Gasteiger partial charge in [-0.3, -0.25) is 10.1 Å². The normalized spacial score (nSPS) is 14.0. The molecular weight excluding hydrogens is 302 g/mol. The van der Waals surface area contributed by atoms with Gasteiger partial charge in [0.15, 0.2) is 0 Å². The van der Waals surface area contributed by atoms with E-state index in [1.165, 1.54) is 30.3 Å². The summed E-state index contributed by atoms with van der Waals surface area (Å²) in [6.07, 6.45) is 1.31. The van der Waals surface area contributed by atoms with Crippen molar-refractivity contribution in [2.75, 3.05) is 0 Å². The quantitative estimate of drug-likeness (QED) is 0.466. The zero-order valence-electron chi connectivity index (χ0n) is 11.7. The first-order chi connectivity index (χ1) is 10.5. The molecule has 0 aromatic heterocycles. The summed E-state index contributed by atoms with van der Waals surface area (Å²) in [5.41, 5.74) is 0.540. The Bertz CT molecular complexity index is 757. The minimum Gasteiger partial charge on any atom is -0.263 e. The molecule has 0 radical (unpaired) electrons. The third-order valence-electron chi connectivity index (χ3n) is 3.34. The Balaban J connectivity index is 2.55. The molecular formula is C16H15NO4S. The van der Waals surface area contributed by atoms with Crippen LogP contribution < -0.4 is 0 Å². The Morgan fingerprint density at radius 2 is 1.50 bits per heavy atom. The van der Waals surface area contributed by atoms with Crippen molar-refractivity contribution in [1.82, 2.24) is 0 Å². The number of rotatable bonds is 6. The van der Waals surface area contributed by atoms with E-state index in [1.54, 1.807) is 36.4 Å². The van der Waals surface area contributed by atoms with Gasteiger partial charge in [0.2, 0.25) is 9.84 Å². The van der Waals surface area contributed by atoms with E-state index >= 15 is 0 Å². The summed E-state index contributed by atoms with van der Waals surface area (Å²) < 4.78 is 25.3. The molecule has 22 heavy (non-hydrogen) atoms. The monoisotopic (exact) mass is 317 g/mol. The van der Waals surface area contributed by atoms with E-state index in [1.807, 2.05) is 0 Å². The lowest BCUT2D eigenvalue weighted by atomic mass is 9.99. The highest BCUT2D eigenvalue weighted by molar-refractivity contribution is 7.91. The molecule has 0 heterocycles. The highest BCUT2D eigenvalue weighted by Gasteiger charge is 2.43. The number of nitrogens with zero attached hydrogens (tertiary/aromatic N) is 1. The molecule has 0 bridgehead atoms. The van der Waals surface area contributed by atoms with Gasteiger partial charge in [-0.05, 0) is 17.7 Å². The molecule has 2 atom stereocenters. The summed E-state index contributed by atoms with van der Waals surface area (Å²) in [4.78, 5) is 10.6. The Morgan fingerprint density at radius 3 is 1.95 bits per heavy atom. The van der Waals surface area contributed by atoms with Gasteiger partial charge in [0.1, 0.15) is 0 Å². The van der Waals surface area contributed by atoms with Crippen LogP contribution in [0.25, 0.3) is 0 Å². The van der Waals surface area contributed by atoms with E-state index in [9.17, 15) is 18.5 Å². The predicted molar refractivity (Wildman–Crippen MR) is 83.8 cm³/mol. The number of nitro groups is 1. The van der Waals surface area contributed by atoms with Crippen molar-refractivity contribution in [2.45, 2.75) is 16.2 Å². The molecule has 2 aromatic rings. The first kappa shape index (κ1) is 15.9. The number of benzene rings is 2. The molecule has 0 aliphatic heterocycles. The fraction of sp³-hybridized carbons (Fsp3) is 0.125. The van der Waals surface area contributed by atoms with Crippen LogP contribution in [0.1, 0.15) is 11.5 Å². The van der Waals surface area contributed by atoms with Crippen molar-refractivity contribution in [2.24, 2.45) is 0 Å². The molecule has 0 fully saturated rings. The second kappa shape index (κ2) is 6.53. The molecule has 0 aliphatic carbocycles. The molecule has 0 amide bonds. The zero-order valence-corrected chi connectivity index (χ0v) is 12.5. The van der Waals surface area contributed by atoms with E-state index in [2.05, 4.69) is 6.58 Å². The third-order valence-corrected chi connectivity index (χ3v) is 5.37. The largest absolute Gasteiger partial charge is 0.324 e. The van der Waals surface area contributed by atoms with Crippen LogP contribution in [0, 0.1) is 10.1 Å². The first-order valence-corrected chi connectivity index (χ1v) is 8.13. The van der Waals surface area contributed by atoms with Crippen molar-refractivity contribution in [3.8, 4) is 0 Å². The van der Waals surface area contributed by atoms with Crippen LogP contribution in [0.15, 0.2) is 78.2 Å². The van der Waals surface area contributed by atoms with Crippen LogP contribution in [0.3, 0.4) is 0 Å². The molecule has 2 aromatic carbocycles. The summed E-state index contributed by atoms with van der Waals surface area (Å²) in [6, 6.07) is 15.9. The van der Waals surface area contributed by atoms with E-state index in [-0.39, 0.29) is 4.90 Å². The minimum absolute atomic E-state index is 0.0699. The fourth-order valence-corrected chi connectivity index (χ4v) is 3.98. The van der Waals surface area contributed by atoms with Crippen LogP contribution in [-0.4, -0.2) is 18.7 Å². The fourth-order valence-electron chi connectivity index (χ4n) is 2.28. The predicted octanol–water partition coefficient (Wildman–Crippen LogP) is 3.03. The van der Waals surface area contributed by atoms with Gasteiger partial charge in [-0.2, -0.15) is 0 Å². The van der Waals surface area contributed by atoms with E-state index < -0.39 is 26.1 Å². The van der Waals surface area contributed by atoms with E-state index in [0.717, 1.165) is 0 Å². The lowest BCUT2D eigenvalue weighted by Crippen LogP contribution is -2.35. The Hall–Kier alpha value is -2.47. The van der Waals surface area contributed by atoms with Gasteiger partial charge >= 0.3 is 5.37 Å². The highest BCUT2D eigenvalue weighted by Crippen LogP contribution is 2.30. The summed E-state index contributed by atoms with van der Waals surface area (Å²) in [5.74, 6) is -0.929. The van der Waals surface area contributed by atoms with Crippen LogP contribution in [0.5, 0.6) is 0 Å². The molecule has 5 nitrogen and oxygen atoms in total. The third kappa shape index (κ3) is 3.07. The van der Waals surface area contributed by atoms with Gasteiger partial charge in [0.05, 0.1) is 10.8 Å². The van der Waals surface area contributed by atoms with Crippen molar-refractivity contribution in [3.63, 3.8) is 0 Å². The van der Waals surface area contributed by atoms with Crippen LogP contribution in [0.2, 0.25) is 0 Å². The lowest BCUT2D eigenvalue weighted by Gasteiger charge is -2.18. The smallest absolute Gasteiger partial charge is 0.263 e. The molecule has 0 aliphatic rings. The maximum absolute atomic E-state index is 12.7. The number of hydrogen-bond acceptors (Lipinski definition) is 4. The van der Waals surface area contributed by atoms with Gasteiger partial charge < -0.3 is 0 Å².